The highest BCUT2D eigenvalue weighted by Crippen LogP contribution is 2.26. The van der Waals surface area contributed by atoms with Crippen LogP contribution in [0.4, 0.5) is 0 Å². The normalized spacial score (nSPS) is 12.2. The van der Waals surface area contributed by atoms with Gasteiger partial charge in [-0.15, -0.1) is 0 Å². The van der Waals surface area contributed by atoms with Crippen LogP contribution in [0.1, 0.15) is 25.5 Å². The second kappa shape index (κ2) is 5.27. The maximum absolute atomic E-state index is 6.02. The number of hydrogen-bond donors (Lipinski definition) is 1. The van der Waals surface area contributed by atoms with Gasteiger partial charge >= 0.3 is 0 Å². The molecule has 17 heavy (non-hydrogen) atoms. The molecule has 0 aliphatic rings. The first-order valence-corrected chi connectivity index (χ1v) is 6.03. The highest BCUT2D eigenvalue weighted by Gasteiger charge is 2.04. The molecule has 0 amide bonds. The molecule has 2 nitrogen and oxygen atoms in total. The van der Waals surface area contributed by atoms with E-state index in [0.717, 1.165) is 18.2 Å². The number of halogens is 1. The molecule has 1 atom stereocenters. The summed E-state index contributed by atoms with van der Waals surface area (Å²) in [6.07, 6.45) is 1.93. The molecule has 3 heteroatoms. The Balaban J connectivity index is 2.28. The minimum absolute atomic E-state index is 0.0938. The zero-order valence-electron chi connectivity index (χ0n) is 9.66. The number of nitrogens with two attached hydrogens (primary N) is 1. The van der Waals surface area contributed by atoms with E-state index < -0.39 is 0 Å². The fourth-order valence-electron chi connectivity index (χ4n) is 1.64. The Hall–Kier alpha value is -1.43. The highest BCUT2D eigenvalue weighted by molar-refractivity contribution is 6.34. The minimum Gasteiger partial charge on any atom is -0.446 e. The fraction of sp³-hybridized carbons (Fsp3) is 0.286. The fourth-order valence-corrected chi connectivity index (χ4v) is 1.86. The van der Waals surface area contributed by atoms with Gasteiger partial charge in [0.1, 0.15) is 0 Å². The molecule has 0 aliphatic heterocycles. The van der Waals surface area contributed by atoms with Crippen LogP contribution in [-0.2, 0) is 0 Å². The SMILES string of the molecule is CCCC(N)C#Cc1cc2cccc(Cl)c2o1. The first kappa shape index (κ1) is 12.0. The lowest BCUT2D eigenvalue weighted by Crippen LogP contribution is -2.16. The van der Waals surface area contributed by atoms with Crippen molar-refractivity contribution < 1.29 is 4.42 Å². The van der Waals surface area contributed by atoms with Gasteiger partial charge in [-0.2, -0.15) is 0 Å². The second-order valence-electron chi connectivity index (χ2n) is 3.93. The molecule has 0 bridgehead atoms. The molecule has 1 unspecified atom stereocenters. The molecule has 0 aliphatic carbocycles. The predicted molar refractivity (Wildman–Crippen MR) is 71.0 cm³/mol. The van der Waals surface area contributed by atoms with Crippen molar-refractivity contribution in [3.63, 3.8) is 0 Å². The summed E-state index contributed by atoms with van der Waals surface area (Å²) < 4.78 is 5.57. The summed E-state index contributed by atoms with van der Waals surface area (Å²) in [5.74, 6) is 6.53. The van der Waals surface area contributed by atoms with Crippen LogP contribution >= 0.6 is 11.6 Å². The molecule has 1 aromatic heterocycles. The monoisotopic (exact) mass is 247 g/mol. The number of benzene rings is 1. The Bertz CT molecular complexity index is 577. The van der Waals surface area contributed by atoms with Crippen molar-refractivity contribution in [3.05, 3.63) is 35.0 Å². The largest absolute Gasteiger partial charge is 0.446 e. The number of rotatable bonds is 2. The number of hydrogen-bond acceptors (Lipinski definition) is 2. The predicted octanol–water partition coefficient (Wildman–Crippen LogP) is 3.57. The van der Waals surface area contributed by atoms with Gasteiger partial charge in [0.05, 0.1) is 11.1 Å². The summed E-state index contributed by atoms with van der Waals surface area (Å²) in [6.45, 7) is 2.09. The molecule has 0 radical (unpaired) electrons. The zero-order valence-corrected chi connectivity index (χ0v) is 10.4. The Labute approximate surface area is 106 Å². The van der Waals surface area contributed by atoms with E-state index >= 15 is 0 Å². The molecular weight excluding hydrogens is 234 g/mol. The Morgan fingerprint density at radius 2 is 2.29 bits per heavy atom. The summed E-state index contributed by atoms with van der Waals surface area (Å²) in [7, 11) is 0. The van der Waals surface area contributed by atoms with Crippen LogP contribution in [0.3, 0.4) is 0 Å². The van der Waals surface area contributed by atoms with Gasteiger partial charge in [0.2, 0.25) is 0 Å². The van der Waals surface area contributed by atoms with Gasteiger partial charge in [-0.25, -0.2) is 0 Å². The lowest BCUT2D eigenvalue weighted by atomic mass is 10.2. The Morgan fingerprint density at radius 3 is 3.00 bits per heavy atom. The third-order valence-corrected chi connectivity index (χ3v) is 2.77. The quantitative estimate of drug-likeness (QED) is 0.824. The summed E-state index contributed by atoms with van der Waals surface area (Å²) >= 11 is 6.02. The third kappa shape index (κ3) is 2.82. The van der Waals surface area contributed by atoms with Crippen LogP contribution in [0, 0.1) is 11.8 Å². The lowest BCUT2D eigenvalue weighted by Gasteiger charge is -1.97. The standard InChI is InChI=1S/C14H14ClNO/c1-2-4-11(16)7-8-12-9-10-5-3-6-13(15)14(10)17-12/h3,5-6,9,11H,2,4,16H2,1H3. The van der Waals surface area contributed by atoms with Crippen molar-refractivity contribution >= 4 is 22.6 Å². The molecule has 88 valence electrons. The van der Waals surface area contributed by atoms with Crippen LogP contribution < -0.4 is 5.73 Å². The highest BCUT2D eigenvalue weighted by atomic mass is 35.5. The maximum atomic E-state index is 6.02. The van der Waals surface area contributed by atoms with Gasteiger partial charge < -0.3 is 10.2 Å². The first-order valence-electron chi connectivity index (χ1n) is 5.66. The molecule has 1 heterocycles. The van der Waals surface area contributed by atoms with E-state index in [9.17, 15) is 0 Å². The summed E-state index contributed by atoms with van der Waals surface area (Å²) in [5.41, 5.74) is 6.50. The molecule has 0 saturated heterocycles. The van der Waals surface area contributed by atoms with E-state index in [4.69, 9.17) is 21.8 Å². The minimum atomic E-state index is -0.0938. The van der Waals surface area contributed by atoms with Gasteiger partial charge in [0.25, 0.3) is 0 Å². The lowest BCUT2D eigenvalue weighted by molar-refractivity contribution is 0.601. The van der Waals surface area contributed by atoms with E-state index in [2.05, 4.69) is 18.8 Å². The van der Waals surface area contributed by atoms with Crippen LogP contribution in [0.15, 0.2) is 28.7 Å². The number of furan rings is 1. The zero-order chi connectivity index (χ0) is 12.3. The summed E-state index contributed by atoms with van der Waals surface area (Å²) in [5, 5.41) is 1.57. The molecule has 0 spiro atoms. The smallest absolute Gasteiger partial charge is 0.178 e. The van der Waals surface area contributed by atoms with E-state index in [0.29, 0.717) is 16.4 Å². The third-order valence-electron chi connectivity index (χ3n) is 2.48. The number of para-hydroxylation sites is 1. The molecule has 2 aromatic rings. The Kier molecular flexibility index (Phi) is 3.73. The Morgan fingerprint density at radius 1 is 1.47 bits per heavy atom. The van der Waals surface area contributed by atoms with Gasteiger partial charge in [0.15, 0.2) is 11.3 Å². The van der Waals surface area contributed by atoms with Gasteiger partial charge in [-0.1, -0.05) is 43.0 Å². The van der Waals surface area contributed by atoms with Crippen molar-refractivity contribution in [1.82, 2.24) is 0 Å². The van der Waals surface area contributed by atoms with E-state index in [1.54, 1.807) is 6.07 Å². The van der Waals surface area contributed by atoms with Crippen LogP contribution in [-0.4, -0.2) is 6.04 Å². The molecule has 0 fully saturated rings. The molecule has 1 aromatic carbocycles. The van der Waals surface area contributed by atoms with Crippen molar-refractivity contribution in [2.45, 2.75) is 25.8 Å². The van der Waals surface area contributed by atoms with Crippen molar-refractivity contribution in [2.24, 2.45) is 5.73 Å². The summed E-state index contributed by atoms with van der Waals surface area (Å²) in [6, 6.07) is 7.42. The van der Waals surface area contributed by atoms with Gasteiger partial charge in [0, 0.05) is 11.5 Å². The van der Waals surface area contributed by atoms with E-state index in [1.807, 2.05) is 18.2 Å². The van der Waals surface area contributed by atoms with Crippen LogP contribution in [0.2, 0.25) is 5.02 Å². The van der Waals surface area contributed by atoms with E-state index in [1.165, 1.54) is 0 Å². The number of fused-ring (bicyclic) bond motifs is 1. The van der Waals surface area contributed by atoms with Crippen LogP contribution in [0.5, 0.6) is 0 Å². The molecule has 0 saturated carbocycles. The van der Waals surface area contributed by atoms with Crippen molar-refractivity contribution in [3.8, 4) is 11.8 Å². The van der Waals surface area contributed by atoms with Crippen molar-refractivity contribution in [1.29, 1.82) is 0 Å². The average molecular weight is 248 g/mol. The van der Waals surface area contributed by atoms with Gasteiger partial charge in [-0.05, 0) is 18.4 Å². The second-order valence-corrected chi connectivity index (χ2v) is 4.34. The maximum Gasteiger partial charge on any atom is 0.178 e. The van der Waals surface area contributed by atoms with E-state index in [-0.39, 0.29) is 6.04 Å². The average Bonchev–Trinajstić information content (AvgIpc) is 2.71. The molecular formula is C14H14ClNO. The van der Waals surface area contributed by atoms with Crippen molar-refractivity contribution in [2.75, 3.05) is 0 Å². The molecule has 2 rings (SSSR count). The van der Waals surface area contributed by atoms with Gasteiger partial charge in [-0.3, -0.25) is 0 Å². The first-order chi connectivity index (χ1) is 8.20. The summed E-state index contributed by atoms with van der Waals surface area (Å²) in [4.78, 5) is 0. The topological polar surface area (TPSA) is 39.2 Å². The molecule has 2 N–H and O–H groups in total. The van der Waals surface area contributed by atoms with Crippen LogP contribution in [0.25, 0.3) is 11.0 Å².